The van der Waals surface area contributed by atoms with E-state index < -0.39 is 5.91 Å². The number of rotatable bonds is 7. The second-order valence-corrected chi connectivity index (χ2v) is 8.09. The smallest absolute Gasteiger partial charge is 0.274 e. The minimum absolute atomic E-state index is 0.0923. The number of hydrogen-bond acceptors (Lipinski definition) is 5. The molecule has 2 heterocycles. The summed E-state index contributed by atoms with van der Waals surface area (Å²) in [6.45, 7) is 3.22. The van der Waals surface area contributed by atoms with E-state index in [-0.39, 0.29) is 11.3 Å². The molecule has 1 amide bonds. The summed E-state index contributed by atoms with van der Waals surface area (Å²) in [6.07, 6.45) is 4.25. The van der Waals surface area contributed by atoms with Crippen molar-refractivity contribution in [3.05, 3.63) is 87.6 Å². The number of benzene rings is 2. The van der Waals surface area contributed by atoms with Gasteiger partial charge in [0.15, 0.2) is 0 Å². The van der Waals surface area contributed by atoms with Crippen molar-refractivity contribution in [3.63, 3.8) is 0 Å². The van der Waals surface area contributed by atoms with Crippen molar-refractivity contribution in [1.29, 1.82) is 0 Å². The molecule has 1 aromatic heterocycles. The molecule has 1 aliphatic heterocycles. The summed E-state index contributed by atoms with van der Waals surface area (Å²) >= 11 is 0. The number of aromatic nitrogens is 2. The molecule has 1 saturated heterocycles. The highest BCUT2D eigenvalue weighted by Crippen LogP contribution is 2.16. The van der Waals surface area contributed by atoms with Gasteiger partial charge in [-0.15, -0.1) is 0 Å². The highest BCUT2D eigenvalue weighted by atomic mass is 16.5. The van der Waals surface area contributed by atoms with E-state index in [0.717, 1.165) is 30.9 Å². The molecule has 3 aromatic rings. The first-order valence-corrected chi connectivity index (χ1v) is 10.9. The fourth-order valence-electron chi connectivity index (χ4n) is 3.91. The predicted octanol–water partition coefficient (Wildman–Crippen LogP) is 3.61. The molecule has 0 aliphatic carbocycles. The van der Waals surface area contributed by atoms with Gasteiger partial charge in [-0.1, -0.05) is 30.7 Å². The lowest BCUT2D eigenvalue weighted by Gasteiger charge is -2.26. The van der Waals surface area contributed by atoms with Crippen LogP contribution in [0.5, 0.6) is 5.75 Å². The van der Waals surface area contributed by atoms with Gasteiger partial charge in [0.2, 0.25) is 0 Å². The topological polar surface area (TPSA) is 87.3 Å². The van der Waals surface area contributed by atoms with Crippen LogP contribution in [0.15, 0.2) is 59.4 Å². The molecule has 1 aliphatic rings. The molecular formula is C25H28N4O3. The number of likely N-dealkylation sites (tertiary alicyclic amines) is 1. The van der Waals surface area contributed by atoms with E-state index in [2.05, 4.69) is 20.2 Å². The summed E-state index contributed by atoms with van der Waals surface area (Å²) in [5, 5.41) is 2.84. The van der Waals surface area contributed by atoms with E-state index in [1.807, 2.05) is 48.5 Å². The van der Waals surface area contributed by atoms with Gasteiger partial charge in [0.25, 0.3) is 11.5 Å². The molecule has 0 bridgehead atoms. The van der Waals surface area contributed by atoms with E-state index in [0.29, 0.717) is 17.9 Å². The van der Waals surface area contributed by atoms with Crippen LogP contribution < -0.4 is 15.6 Å². The van der Waals surface area contributed by atoms with E-state index in [1.165, 1.54) is 30.9 Å². The standard InChI is InChI=1S/C25H28N4O3/c1-32-21-11-7-18(8-12-21)15-23-27-22(16-24(30)28-23)25(31)26-20-9-5-19(6-10-20)17-29-13-3-2-4-14-29/h5-12,16H,2-4,13-15,17H2,1H3,(H,26,31)(H,27,28,30). The third-order valence-electron chi connectivity index (χ3n) is 5.62. The minimum Gasteiger partial charge on any atom is -0.497 e. The lowest BCUT2D eigenvalue weighted by Crippen LogP contribution is -2.29. The lowest BCUT2D eigenvalue weighted by molar-refractivity contribution is 0.102. The molecular weight excluding hydrogens is 404 g/mol. The first-order chi connectivity index (χ1) is 15.6. The molecule has 4 rings (SSSR count). The summed E-state index contributed by atoms with van der Waals surface area (Å²) in [5.74, 6) is 0.783. The second kappa shape index (κ2) is 10.2. The summed E-state index contributed by atoms with van der Waals surface area (Å²) < 4.78 is 5.16. The molecule has 2 N–H and O–H groups in total. The highest BCUT2D eigenvalue weighted by Gasteiger charge is 2.13. The third kappa shape index (κ3) is 5.82. The van der Waals surface area contributed by atoms with Crippen LogP contribution in [0.1, 0.15) is 46.7 Å². The molecule has 0 saturated carbocycles. The van der Waals surface area contributed by atoms with Crippen LogP contribution in [0.3, 0.4) is 0 Å². The zero-order chi connectivity index (χ0) is 22.3. The van der Waals surface area contributed by atoms with Crippen LogP contribution in [-0.4, -0.2) is 41.0 Å². The maximum Gasteiger partial charge on any atom is 0.274 e. The Bertz CT molecular complexity index is 1100. The van der Waals surface area contributed by atoms with Crippen molar-refractivity contribution in [1.82, 2.24) is 14.9 Å². The van der Waals surface area contributed by atoms with Crippen molar-refractivity contribution in [2.45, 2.75) is 32.2 Å². The van der Waals surface area contributed by atoms with Crippen molar-refractivity contribution in [2.24, 2.45) is 0 Å². The highest BCUT2D eigenvalue weighted by molar-refractivity contribution is 6.02. The number of H-pyrrole nitrogens is 1. The molecule has 2 aromatic carbocycles. The average molecular weight is 433 g/mol. The van der Waals surface area contributed by atoms with E-state index in [9.17, 15) is 9.59 Å². The molecule has 0 radical (unpaired) electrons. The van der Waals surface area contributed by atoms with Crippen molar-refractivity contribution >= 4 is 11.6 Å². The van der Waals surface area contributed by atoms with Gasteiger partial charge >= 0.3 is 0 Å². The van der Waals surface area contributed by atoms with Gasteiger partial charge in [-0.05, 0) is 61.3 Å². The van der Waals surface area contributed by atoms with E-state index >= 15 is 0 Å². The van der Waals surface area contributed by atoms with Crippen LogP contribution in [0.2, 0.25) is 0 Å². The number of methoxy groups -OCH3 is 1. The van der Waals surface area contributed by atoms with Gasteiger partial charge in [0, 0.05) is 24.7 Å². The monoisotopic (exact) mass is 432 g/mol. The van der Waals surface area contributed by atoms with Crippen LogP contribution >= 0.6 is 0 Å². The molecule has 1 fully saturated rings. The number of piperidine rings is 1. The molecule has 32 heavy (non-hydrogen) atoms. The normalized spacial score (nSPS) is 14.2. The number of amides is 1. The van der Waals surface area contributed by atoms with Gasteiger partial charge < -0.3 is 15.0 Å². The summed E-state index contributed by atoms with van der Waals surface area (Å²) in [5.41, 5.74) is 2.59. The Morgan fingerprint density at radius 3 is 2.41 bits per heavy atom. The van der Waals surface area contributed by atoms with Crippen LogP contribution in [0.25, 0.3) is 0 Å². The molecule has 166 valence electrons. The number of aromatic amines is 1. The summed E-state index contributed by atoms with van der Waals surface area (Å²) in [4.78, 5) is 34.3. The SMILES string of the molecule is COc1ccc(Cc2nc(C(=O)Nc3ccc(CN4CCCCC4)cc3)cc(=O)[nH]2)cc1. The van der Waals surface area contributed by atoms with Gasteiger partial charge in [-0.25, -0.2) is 4.98 Å². The Labute approximate surface area is 187 Å². The lowest BCUT2D eigenvalue weighted by atomic mass is 10.1. The number of anilines is 1. The number of carbonyl (C=O) groups is 1. The Kier molecular flexibility index (Phi) is 6.97. The number of hydrogen-bond donors (Lipinski definition) is 2. The zero-order valence-electron chi connectivity index (χ0n) is 18.3. The Morgan fingerprint density at radius 2 is 1.72 bits per heavy atom. The molecule has 7 heteroatoms. The van der Waals surface area contributed by atoms with Crippen molar-refractivity contribution in [3.8, 4) is 5.75 Å². The molecule has 0 spiro atoms. The molecule has 7 nitrogen and oxygen atoms in total. The number of ether oxygens (including phenoxy) is 1. The van der Waals surface area contributed by atoms with Gasteiger partial charge in [-0.2, -0.15) is 0 Å². The fourth-order valence-corrected chi connectivity index (χ4v) is 3.91. The first-order valence-electron chi connectivity index (χ1n) is 10.9. The molecule has 0 unspecified atom stereocenters. The van der Waals surface area contributed by atoms with Crippen molar-refractivity contribution < 1.29 is 9.53 Å². The van der Waals surface area contributed by atoms with Crippen molar-refractivity contribution in [2.75, 3.05) is 25.5 Å². The third-order valence-corrected chi connectivity index (χ3v) is 5.62. The Hall–Kier alpha value is -3.45. The summed E-state index contributed by atoms with van der Waals surface area (Å²) in [7, 11) is 1.61. The Morgan fingerprint density at radius 1 is 1.03 bits per heavy atom. The fraction of sp³-hybridized carbons (Fsp3) is 0.320. The van der Waals surface area contributed by atoms with Gasteiger partial charge in [0.1, 0.15) is 17.3 Å². The minimum atomic E-state index is -0.407. The average Bonchev–Trinajstić information content (AvgIpc) is 2.81. The number of carbonyl (C=O) groups excluding carboxylic acids is 1. The maximum atomic E-state index is 12.7. The second-order valence-electron chi connectivity index (χ2n) is 8.09. The number of nitrogens with zero attached hydrogens (tertiary/aromatic N) is 2. The van der Waals surface area contributed by atoms with Gasteiger partial charge in [0.05, 0.1) is 7.11 Å². The van der Waals surface area contributed by atoms with E-state index in [4.69, 9.17) is 4.74 Å². The Balaban J connectivity index is 1.40. The quantitative estimate of drug-likeness (QED) is 0.596. The first kappa shape index (κ1) is 21.8. The van der Waals surface area contributed by atoms with Crippen LogP contribution in [0.4, 0.5) is 5.69 Å². The molecule has 0 atom stereocenters. The number of nitrogens with one attached hydrogen (secondary N) is 2. The van der Waals surface area contributed by atoms with Crippen LogP contribution in [0, 0.1) is 0 Å². The summed E-state index contributed by atoms with van der Waals surface area (Å²) in [6, 6.07) is 16.6. The van der Waals surface area contributed by atoms with Crippen LogP contribution in [-0.2, 0) is 13.0 Å². The predicted molar refractivity (Wildman–Crippen MR) is 124 cm³/mol. The largest absolute Gasteiger partial charge is 0.497 e. The van der Waals surface area contributed by atoms with E-state index in [1.54, 1.807) is 7.11 Å². The maximum absolute atomic E-state index is 12.7. The zero-order valence-corrected chi connectivity index (χ0v) is 18.3. The van der Waals surface area contributed by atoms with Gasteiger partial charge in [-0.3, -0.25) is 14.5 Å².